The minimum atomic E-state index is -1.30. The normalized spacial score (nSPS) is 14.0. The van der Waals surface area contributed by atoms with E-state index in [-0.39, 0.29) is 0 Å². The summed E-state index contributed by atoms with van der Waals surface area (Å²) in [7, 11) is 0. The van der Waals surface area contributed by atoms with Gasteiger partial charge in [-0.25, -0.2) is 0 Å². The van der Waals surface area contributed by atoms with Crippen molar-refractivity contribution in [3.05, 3.63) is 41.0 Å². The topological polar surface area (TPSA) is 130 Å². The third kappa shape index (κ3) is 11.0. The highest BCUT2D eigenvalue weighted by atomic mass is 79.9. The number of azo groups is 1. The van der Waals surface area contributed by atoms with E-state index < -0.39 is 48.8 Å². The van der Waals surface area contributed by atoms with Crippen LogP contribution in [-0.4, -0.2) is 48.8 Å². The predicted octanol–water partition coefficient (Wildman–Crippen LogP) is 3.40. The van der Waals surface area contributed by atoms with E-state index in [0.29, 0.717) is 5.69 Å². The molecule has 0 heterocycles. The quantitative estimate of drug-likeness (QED) is 0.272. The molecule has 3 atom stereocenters. The average molecular weight is 499 g/mol. The van der Waals surface area contributed by atoms with Crippen molar-refractivity contribution in [2.24, 2.45) is 10.2 Å². The Bertz CT molecular complexity index is 838. The molecule has 0 N–H and O–H groups in total. The van der Waals surface area contributed by atoms with E-state index in [2.05, 4.69) is 26.2 Å². The number of rotatable bonds is 10. The second-order valence-corrected chi connectivity index (χ2v) is 7.05. The van der Waals surface area contributed by atoms with Crippen LogP contribution in [0.1, 0.15) is 27.7 Å². The van der Waals surface area contributed by atoms with Gasteiger partial charge in [-0.1, -0.05) is 15.9 Å². The molecular formula is C20H23BrN2O8. The standard InChI is InChI=1S/C20H23BrN2O8/c1-12(24)28-11-19(30-14(3)26)20(31-15(4)27)18(29-13(2)25)9-10-22-23-17-7-5-16(21)6-8-17/h5-10,18-20H,11H2,1-4H3/b10-9+,23-22?/t18-,19-,20+/m1/s1. The summed E-state index contributed by atoms with van der Waals surface area (Å²) in [6.07, 6.45) is -1.19. The van der Waals surface area contributed by atoms with Crippen molar-refractivity contribution in [2.75, 3.05) is 6.61 Å². The van der Waals surface area contributed by atoms with Crippen LogP contribution in [0, 0.1) is 0 Å². The summed E-state index contributed by atoms with van der Waals surface area (Å²) in [5.74, 6) is -2.77. The van der Waals surface area contributed by atoms with Crippen LogP contribution in [0.15, 0.2) is 51.2 Å². The first-order chi connectivity index (χ1) is 14.6. The van der Waals surface area contributed by atoms with E-state index in [4.69, 9.17) is 18.9 Å². The summed E-state index contributed by atoms with van der Waals surface area (Å²) in [6.45, 7) is 4.17. The number of esters is 4. The van der Waals surface area contributed by atoms with Gasteiger partial charge < -0.3 is 18.9 Å². The van der Waals surface area contributed by atoms with E-state index >= 15 is 0 Å². The third-order valence-corrected chi connectivity index (χ3v) is 3.93. The molecule has 0 spiro atoms. The summed E-state index contributed by atoms with van der Waals surface area (Å²) in [5.41, 5.74) is 0.570. The van der Waals surface area contributed by atoms with Crippen molar-refractivity contribution in [1.82, 2.24) is 0 Å². The Morgan fingerprint density at radius 2 is 1.48 bits per heavy atom. The highest BCUT2D eigenvalue weighted by Gasteiger charge is 2.36. The van der Waals surface area contributed by atoms with Gasteiger partial charge in [0.15, 0.2) is 18.3 Å². The molecule has 0 unspecified atom stereocenters. The minimum Gasteiger partial charge on any atom is -0.462 e. The molecule has 10 nitrogen and oxygen atoms in total. The van der Waals surface area contributed by atoms with Crippen molar-refractivity contribution in [3.63, 3.8) is 0 Å². The lowest BCUT2D eigenvalue weighted by Gasteiger charge is -2.30. The molecule has 1 aromatic rings. The molecule has 1 aromatic carbocycles. The summed E-state index contributed by atoms with van der Waals surface area (Å²) in [5, 5.41) is 7.86. The Labute approximate surface area is 187 Å². The molecule has 31 heavy (non-hydrogen) atoms. The van der Waals surface area contributed by atoms with E-state index in [1.165, 1.54) is 12.3 Å². The molecule has 0 bridgehead atoms. The smallest absolute Gasteiger partial charge is 0.303 e. The highest BCUT2D eigenvalue weighted by Crippen LogP contribution is 2.18. The summed E-state index contributed by atoms with van der Waals surface area (Å²) < 4.78 is 21.3. The monoisotopic (exact) mass is 498 g/mol. The molecule has 0 saturated carbocycles. The first-order valence-corrected chi connectivity index (χ1v) is 9.86. The maximum atomic E-state index is 11.6. The van der Waals surface area contributed by atoms with Crippen LogP contribution >= 0.6 is 15.9 Å². The lowest BCUT2D eigenvalue weighted by molar-refractivity contribution is -0.185. The fourth-order valence-corrected chi connectivity index (χ4v) is 2.56. The number of halogens is 1. The maximum Gasteiger partial charge on any atom is 0.303 e. The van der Waals surface area contributed by atoms with Crippen LogP contribution in [0.2, 0.25) is 0 Å². The number of benzene rings is 1. The van der Waals surface area contributed by atoms with Gasteiger partial charge in [0.25, 0.3) is 0 Å². The average Bonchev–Trinajstić information content (AvgIpc) is 2.66. The van der Waals surface area contributed by atoms with Gasteiger partial charge in [-0.3, -0.25) is 19.2 Å². The lowest BCUT2D eigenvalue weighted by Crippen LogP contribution is -2.46. The summed E-state index contributed by atoms with van der Waals surface area (Å²) in [6, 6.07) is 7.02. The second-order valence-electron chi connectivity index (χ2n) is 6.13. The van der Waals surface area contributed by atoms with Gasteiger partial charge in [0.05, 0.1) is 5.69 Å². The largest absolute Gasteiger partial charge is 0.462 e. The number of hydrogen-bond acceptors (Lipinski definition) is 10. The van der Waals surface area contributed by atoms with E-state index in [1.54, 1.807) is 24.3 Å². The van der Waals surface area contributed by atoms with Crippen molar-refractivity contribution >= 4 is 45.5 Å². The molecule has 168 valence electrons. The first-order valence-electron chi connectivity index (χ1n) is 9.06. The van der Waals surface area contributed by atoms with E-state index in [0.717, 1.165) is 32.2 Å². The number of carbonyl (C=O) groups excluding carboxylic acids is 4. The first kappa shape index (κ1) is 26.0. The molecule has 0 aliphatic carbocycles. The van der Waals surface area contributed by atoms with Crippen LogP contribution in [0.25, 0.3) is 0 Å². The van der Waals surface area contributed by atoms with Crippen LogP contribution in [0.3, 0.4) is 0 Å². The van der Waals surface area contributed by atoms with Gasteiger partial charge in [0, 0.05) is 38.4 Å². The number of nitrogens with zero attached hydrogens (tertiary/aromatic N) is 2. The van der Waals surface area contributed by atoms with Crippen molar-refractivity contribution in [2.45, 2.75) is 46.0 Å². The Balaban J connectivity index is 3.14. The molecule has 1 rings (SSSR count). The van der Waals surface area contributed by atoms with Gasteiger partial charge in [-0.15, -0.1) is 0 Å². The van der Waals surface area contributed by atoms with Gasteiger partial charge in [0.1, 0.15) is 6.61 Å². The fraction of sp³-hybridized carbons (Fsp3) is 0.400. The molecule has 0 fully saturated rings. The molecule has 0 aromatic heterocycles. The Hall–Kier alpha value is -3.08. The number of ether oxygens (including phenoxy) is 4. The molecule has 11 heteroatoms. The fourth-order valence-electron chi connectivity index (χ4n) is 2.29. The highest BCUT2D eigenvalue weighted by molar-refractivity contribution is 9.10. The van der Waals surface area contributed by atoms with E-state index in [1.807, 2.05) is 0 Å². The van der Waals surface area contributed by atoms with Crippen molar-refractivity contribution in [3.8, 4) is 0 Å². The minimum absolute atomic E-state index is 0.418. The third-order valence-electron chi connectivity index (χ3n) is 3.40. The molecule has 0 aliphatic heterocycles. The number of carbonyl (C=O) groups is 4. The van der Waals surface area contributed by atoms with Crippen LogP contribution in [-0.2, 0) is 38.1 Å². The van der Waals surface area contributed by atoms with Crippen LogP contribution in [0.5, 0.6) is 0 Å². The zero-order valence-corrected chi connectivity index (χ0v) is 19.0. The van der Waals surface area contributed by atoms with Gasteiger partial charge in [0.2, 0.25) is 0 Å². The Morgan fingerprint density at radius 3 is 2.00 bits per heavy atom. The maximum absolute atomic E-state index is 11.6. The SMILES string of the molecule is CC(=O)OC[C@@H](OC(C)=O)[C@@H](OC(C)=O)[C@@H](/C=C/N=Nc1ccc(Br)cc1)OC(C)=O. The zero-order chi connectivity index (χ0) is 23.4. The van der Waals surface area contributed by atoms with Crippen molar-refractivity contribution in [1.29, 1.82) is 0 Å². The van der Waals surface area contributed by atoms with Crippen LogP contribution < -0.4 is 0 Å². The van der Waals surface area contributed by atoms with Crippen molar-refractivity contribution < 1.29 is 38.1 Å². The van der Waals surface area contributed by atoms with Crippen LogP contribution in [0.4, 0.5) is 5.69 Å². The van der Waals surface area contributed by atoms with E-state index in [9.17, 15) is 19.2 Å². The summed E-state index contributed by atoms with van der Waals surface area (Å²) >= 11 is 3.31. The second kappa shape index (κ2) is 13.3. The number of hydrogen-bond donors (Lipinski definition) is 0. The molecule has 0 radical (unpaired) electrons. The molecular weight excluding hydrogens is 476 g/mol. The zero-order valence-electron chi connectivity index (χ0n) is 17.4. The molecule has 0 saturated heterocycles. The Morgan fingerprint density at radius 1 is 0.903 bits per heavy atom. The molecule has 0 amide bonds. The van der Waals surface area contributed by atoms with Gasteiger partial charge in [-0.05, 0) is 30.3 Å². The predicted molar refractivity (Wildman–Crippen MR) is 111 cm³/mol. The van der Waals surface area contributed by atoms with Gasteiger partial charge in [-0.2, -0.15) is 10.2 Å². The molecule has 0 aliphatic rings. The Kier molecular flexibility index (Phi) is 11.1. The van der Waals surface area contributed by atoms with Gasteiger partial charge >= 0.3 is 23.9 Å². The lowest BCUT2D eigenvalue weighted by atomic mass is 10.1. The summed E-state index contributed by atoms with van der Waals surface area (Å²) in [4.78, 5) is 45.9.